The predicted molar refractivity (Wildman–Crippen MR) is 104 cm³/mol. The number of likely N-dealkylation sites (N-methyl/N-ethyl adjacent to an activating group) is 1. The molecule has 1 unspecified atom stereocenters. The smallest absolute Gasteiger partial charge is 0.319 e. The van der Waals surface area contributed by atoms with Crippen LogP contribution in [0.25, 0.3) is 0 Å². The first-order valence-corrected chi connectivity index (χ1v) is 8.77. The summed E-state index contributed by atoms with van der Waals surface area (Å²) in [6.45, 7) is 2.41. The average Bonchev–Trinajstić information content (AvgIpc) is 2.52. The van der Waals surface area contributed by atoms with Gasteiger partial charge in [-0.15, -0.1) is 0 Å². The Morgan fingerprint density at radius 1 is 1.25 bits per heavy atom. The summed E-state index contributed by atoms with van der Waals surface area (Å²) in [4.78, 5) is 14.3. The molecule has 6 heteroatoms. The number of anilines is 1. The highest BCUT2D eigenvalue weighted by Gasteiger charge is 2.18. The number of nitrogens with one attached hydrogen (secondary N) is 2. The highest BCUT2D eigenvalue weighted by molar-refractivity contribution is 9.10. The van der Waals surface area contributed by atoms with Gasteiger partial charge in [-0.2, -0.15) is 0 Å². The van der Waals surface area contributed by atoms with Crippen molar-refractivity contribution in [1.29, 1.82) is 0 Å². The van der Waals surface area contributed by atoms with Crippen LogP contribution < -0.4 is 10.6 Å². The second-order valence-electron chi connectivity index (χ2n) is 5.80. The van der Waals surface area contributed by atoms with E-state index in [-0.39, 0.29) is 12.1 Å². The second kappa shape index (κ2) is 8.51. The normalized spacial score (nSPS) is 12.1. The Balaban J connectivity index is 2.03. The summed E-state index contributed by atoms with van der Waals surface area (Å²) >= 11 is 9.70. The monoisotopic (exact) mass is 409 g/mol. The van der Waals surface area contributed by atoms with E-state index < -0.39 is 0 Å². The summed E-state index contributed by atoms with van der Waals surface area (Å²) in [7, 11) is 3.93. The van der Waals surface area contributed by atoms with Crippen molar-refractivity contribution in [2.75, 3.05) is 26.0 Å². The fourth-order valence-corrected chi connectivity index (χ4v) is 3.02. The SMILES string of the molecule is Cc1ccc(Br)cc1NC(=O)NCC(c1ccccc1Cl)N(C)C. The Hall–Kier alpha value is -1.56. The van der Waals surface area contributed by atoms with Crippen LogP contribution in [-0.2, 0) is 0 Å². The highest BCUT2D eigenvalue weighted by Crippen LogP contribution is 2.25. The van der Waals surface area contributed by atoms with Gasteiger partial charge >= 0.3 is 6.03 Å². The molecule has 2 aromatic rings. The summed E-state index contributed by atoms with van der Waals surface area (Å²) in [6, 6.07) is 13.2. The van der Waals surface area contributed by atoms with E-state index in [4.69, 9.17) is 11.6 Å². The van der Waals surface area contributed by atoms with Crippen LogP contribution in [0.1, 0.15) is 17.2 Å². The number of carbonyl (C=O) groups excluding carboxylic acids is 1. The van der Waals surface area contributed by atoms with Gasteiger partial charge in [0, 0.05) is 21.7 Å². The lowest BCUT2D eigenvalue weighted by molar-refractivity contribution is 0.243. The molecule has 128 valence electrons. The van der Waals surface area contributed by atoms with Crippen LogP contribution >= 0.6 is 27.5 Å². The van der Waals surface area contributed by atoms with Gasteiger partial charge < -0.3 is 15.5 Å². The molecule has 2 amide bonds. The third kappa shape index (κ3) is 4.97. The molecule has 0 aromatic heterocycles. The Kier molecular flexibility index (Phi) is 6.66. The molecule has 0 heterocycles. The van der Waals surface area contributed by atoms with Crippen molar-refractivity contribution in [3.05, 3.63) is 63.1 Å². The number of halogens is 2. The third-order valence-corrected chi connectivity index (χ3v) is 4.63. The van der Waals surface area contributed by atoms with E-state index in [2.05, 4.69) is 26.6 Å². The molecule has 2 aromatic carbocycles. The molecule has 0 aliphatic heterocycles. The molecule has 0 spiro atoms. The van der Waals surface area contributed by atoms with E-state index in [1.165, 1.54) is 0 Å². The highest BCUT2D eigenvalue weighted by atomic mass is 79.9. The minimum absolute atomic E-state index is 0.00643. The fourth-order valence-electron chi connectivity index (χ4n) is 2.40. The first kappa shape index (κ1) is 18.8. The molecular weight excluding hydrogens is 390 g/mol. The van der Waals surface area contributed by atoms with Crippen molar-refractivity contribution >= 4 is 39.2 Å². The minimum Gasteiger partial charge on any atom is -0.336 e. The molecule has 2 rings (SSSR count). The van der Waals surface area contributed by atoms with Crippen LogP contribution in [0.15, 0.2) is 46.9 Å². The number of amides is 2. The lowest BCUT2D eigenvalue weighted by Crippen LogP contribution is -2.37. The predicted octanol–water partition coefficient (Wildman–Crippen LogP) is 4.84. The Labute approximate surface area is 156 Å². The van der Waals surface area contributed by atoms with Crippen molar-refractivity contribution in [3.8, 4) is 0 Å². The largest absolute Gasteiger partial charge is 0.336 e. The van der Waals surface area contributed by atoms with Crippen molar-refractivity contribution in [2.45, 2.75) is 13.0 Å². The molecule has 0 aliphatic carbocycles. The maximum absolute atomic E-state index is 12.2. The summed E-state index contributed by atoms with van der Waals surface area (Å²) in [6.07, 6.45) is 0. The number of nitrogens with zero attached hydrogens (tertiary/aromatic N) is 1. The van der Waals surface area contributed by atoms with E-state index in [1.807, 2.05) is 68.4 Å². The Morgan fingerprint density at radius 2 is 1.96 bits per heavy atom. The summed E-state index contributed by atoms with van der Waals surface area (Å²) in [5, 5.41) is 6.49. The van der Waals surface area contributed by atoms with E-state index >= 15 is 0 Å². The number of benzene rings is 2. The number of urea groups is 1. The first-order valence-electron chi connectivity index (χ1n) is 7.60. The lowest BCUT2D eigenvalue weighted by atomic mass is 10.1. The van der Waals surface area contributed by atoms with Crippen LogP contribution in [0.2, 0.25) is 5.02 Å². The number of hydrogen-bond donors (Lipinski definition) is 2. The van der Waals surface area contributed by atoms with Crippen LogP contribution in [0, 0.1) is 6.92 Å². The molecule has 0 saturated carbocycles. The zero-order valence-corrected chi connectivity index (χ0v) is 16.3. The molecule has 24 heavy (non-hydrogen) atoms. The number of aryl methyl sites for hydroxylation is 1. The zero-order chi connectivity index (χ0) is 17.7. The van der Waals surface area contributed by atoms with E-state index in [9.17, 15) is 4.79 Å². The van der Waals surface area contributed by atoms with Gasteiger partial charge in [0.05, 0.1) is 6.04 Å². The average molecular weight is 411 g/mol. The van der Waals surface area contributed by atoms with E-state index in [0.29, 0.717) is 11.6 Å². The lowest BCUT2D eigenvalue weighted by Gasteiger charge is -2.26. The summed E-state index contributed by atoms with van der Waals surface area (Å²) < 4.78 is 0.922. The molecule has 2 N–H and O–H groups in total. The van der Waals surface area contributed by atoms with Gasteiger partial charge in [-0.05, 0) is 50.3 Å². The third-order valence-electron chi connectivity index (χ3n) is 3.79. The summed E-state index contributed by atoms with van der Waals surface area (Å²) in [5.74, 6) is 0. The standard InChI is InChI=1S/C18H21BrClN3O/c1-12-8-9-13(19)10-16(12)22-18(24)21-11-17(23(2)3)14-6-4-5-7-15(14)20/h4-10,17H,11H2,1-3H3,(H2,21,22,24). The quantitative estimate of drug-likeness (QED) is 0.741. The topological polar surface area (TPSA) is 44.4 Å². The van der Waals surface area contributed by atoms with Gasteiger partial charge in [-0.1, -0.05) is 51.8 Å². The number of hydrogen-bond acceptors (Lipinski definition) is 2. The molecule has 1 atom stereocenters. The number of rotatable bonds is 5. The van der Waals surface area contributed by atoms with Gasteiger partial charge in [0.25, 0.3) is 0 Å². The van der Waals surface area contributed by atoms with Crippen LogP contribution in [0.3, 0.4) is 0 Å². The van der Waals surface area contributed by atoms with Crippen molar-refractivity contribution < 1.29 is 4.79 Å². The van der Waals surface area contributed by atoms with Gasteiger partial charge in [-0.25, -0.2) is 4.79 Å². The van der Waals surface area contributed by atoms with Crippen LogP contribution in [-0.4, -0.2) is 31.6 Å². The first-order chi connectivity index (χ1) is 11.4. The van der Waals surface area contributed by atoms with Crippen molar-refractivity contribution in [3.63, 3.8) is 0 Å². The molecule has 0 bridgehead atoms. The van der Waals surface area contributed by atoms with Gasteiger partial charge in [0.1, 0.15) is 0 Å². The van der Waals surface area contributed by atoms with Gasteiger partial charge in [-0.3, -0.25) is 0 Å². The second-order valence-corrected chi connectivity index (χ2v) is 7.12. The number of carbonyl (C=O) groups is 1. The Morgan fingerprint density at radius 3 is 2.62 bits per heavy atom. The maximum atomic E-state index is 12.2. The molecule has 0 radical (unpaired) electrons. The maximum Gasteiger partial charge on any atom is 0.319 e. The van der Waals surface area contributed by atoms with Crippen LogP contribution in [0.5, 0.6) is 0 Å². The van der Waals surface area contributed by atoms with Crippen molar-refractivity contribution in [1.82, 2.24) is 10.2 Å². The molecule has 0 aliphatic rings. The Bertz CT molecular complexity index is 721. The van der Waals surface area contributed by atoms with Crippen LogP contribution in [0.4, 0.5) is 10.5 Å². The van der Waals surface area contributed by atoms with Gasteiger partial charge in [0.15, 0.2) is 0 Å². The zero-order valence-electron chi connectivity index (χ0n) is 13.9. The van der Waals surface area contributed by atoms with Gasteiger partial charge in [0.2, 0.25) is 0 Å². The van der Waals surface area contributed by atoms with Crippen molar-refractivity contribution in [2.24, 2.45) is 0 Å². The molecule has 0 fully saturated rings. The van der Waals surface area contributed by atoms with E-state index in [1.54, 1.807) is 0 Å². The molecule has 4 nitrogen and oxygen atoms in total. The fraction of sp³-hybridized carbons (Fsp3) is 0.278. The van der Waals surface area contributed by atoms with E-state index in [0.717, 1.165) is 21.3 Å². The summed E-state index contributed by atoms with van der Waals surface area (Å²) in [5.41, 5.74) is 2.77. The molecular formula is C18H21BrClN3O. The molecule has 0 saturated heterocycles. The minimum atomic E-state index is -0.241.